The molecule has 1 fully saturated rings. The molecule has 4 nitrogen and oxygen atoms in total. The number of rotatable bonds is 6. The second kappa shape index (κ2) is 8.26. The van der Waals surface area contributed by atoms with Crippen LogP contribution in [-0.4, -0.2) is 44.3 Å². The van der Waals surface area contributed by atoms with Gasteiger partial charge in [0.15, 0.2) is 0 Å². The van der Waals surface area contributed by atoms with Crippen LogP contribution in [0.2, 0.25) is 0 Å². The number of nitrogens with zero attached hydrogens (tertiary/aromatic N) is 2. The van der Waals surface area contributed by atoms with Gasteiger partial charge in [-0.15, -0.1) is 0 Å². The van der Waals surface area contributed by atoms with E-state index in [1.807, 2.05) is 18.2 Å². The van der Waals surface area contributed by atoms with E-state index in [4.69, 9.17) is 9.47 Å². The van der Waals surface area contributed by atoms with E-state index in [0.717, 1.165) is 44.2 Å². The lowest BCUT2D eigenvalue weighted by Crippen LogP contribution is -2.46. The first kappa shape index (κ1) is 17.6. The van der Waals surface area contributed by atoms with Gasteiger partial charge in [0.2, 0.25) is 0 Å². The maximum absolute atomic E-state index is 5.80. The molecule has 4 heteroatoms. The first-order valence-corrected chi connectivity index (χ1v) is 9.01. The molecule has 25 heavy (non-hydrogen) atoms. The Balaban J connectivity index is 1.58. The standard InChI is InChI=1S/C21H28N2O2/c1-17(2)25-19-8-6-7-18(15-19)16-22-11-13-23(14-12-22)20-9-4-5-10-21(20)24-3/h4-10,15,17H,11-14,16H2,1-3H3. The van der Waals surface area contributed by atoms with E-state index in [9.17, 15) is 0 Å². The molecule has 1 heterocycles. The number of anilines is 1. The average Bonchev–Trinajstić information content (AvgIpc) is 2.62. The van der Waals surface area contributed by atoms with Crippen LogP contribution in [0, 0.1) is 0 Å². The van der Waals surface area contributed by atoms with Crippen molar-refractivity contribution in [1.29, 1.82) is 0 Å². The number of ether oxygens (including phenoxy) is 2. The molecule has 0 spiro atoms. The second-order valence-electron chi connectivity index (χ2n) is 6.75. The molecule has 0 unspecified atom stereocenters. The number of hydrogen-bond acceptors (Lipinski definition) is 4. The van der Waals surface area contributed by atoms with Crippen molar-refractivity contribution in [2.24, 2.45) is 0 Å². The van der Waals surface area contributed by atoms with Gasteiger partial charge in [0, 0.05) is 32.7 Å². The summed E-state index contributed by atoms with van der Waals surface area (Å²) in [5.74, 6) is 1.91. The first-order valence-electron chi connectivity index (χ1n) is 9.01. The minimum absolute atomic E-state index is 0.208. The van der Waals surface area contributed by atoms with Gasteiger partial charge in [-0.3, -0.25) is 4.90 Å². The van der Waals surface area contributed by atoms with Crippen molar-refractivity contribution in [3.63, 3.8) is 0 Å². The van der Waals surface area contributed by atoms with Gasteiger partial charge >= 0.3 is 0 Å². The number of methoxy groups -OCH3 is 1. The molecule has 134 valence electrons. The minimum atomic E-state index is 0.208. The van der Waals surface area contributed by atoms with Crippen LogP contribution >= 0.6 is 0 Å². The predicted molar refractivity (Wildman–Crippen MR) is 103 cm³/mol. The molecule has 0 amide bonds. The van der Waals surface area contributed by atoms with Crippen LogP contribution in [0.1, 0.15) is 19.4 Å². The molecule has 0 aromatic heterocycles. The lowest BCUT2D eigenvalue weighted by molar-refractivity contribution is 0.238. The Morgan fingerprint density at radius 1 is 0.960 bits per heavy atom. The topological polar surface area (TPSA) is 24.9 Å². The maximum Gasteiger partial charge on any atom is 0.142 e. The van der Waals surface area contributed by atoms with Crippen molar-refractivity contribution in [3.05, 3.63) is 54.1 Å². The van der Waals surface area contributed by atoms with Gasteiger partial charge in [0.1, 0.15) is 11.5 Å². The van der Waals surface area contributed by atoms with Gasteiger partial charge in [0.05, 0.1) is 18.9 Å². The van der Waals surface area contributed by atoms with E-state index < -0.39 is 0 Å². The van der Waals surface area contributed by atoms with Crippen molar-refractivity contribution in [2.45, 2.75) is 26.5 Å². The highest BCUT2D eigenvalue weighted by Crippen LogP contribution is 2.28. The van der Waals surface area contributed by atoms with E-state index in [-0.39, 0.29) is 6.10 Å². The van der Waals surface area contributed by atoms with Crippen LogP contribution in [-0.2, 0) is 6.54 Å². The normalized spacial score (nSPS) is 15.4. The van der Waals surface area contributed by atoms with Crippen LogP contribution in [0.3, 0.4) is 0 Å². The summed E-state index contributed by atoms with van der Waals surface area (Å²) in [6, 6.07) is 16.7. The summed E-state index contributed by atoms with van der Waals surface area (Å²) in [6.07, 6.45) is 0.208. The molecule has 1 saturated heterocycles. The number of benzene rings is 2. The second-order valence-corrected chi connectivity index (χ2v) is 6.75. The molecule has 0 aliphatic carbocycles. The number of para-hydroxylation sites is 2. The van der Waals surface area contributed by atoms with Gasteiger partial charge in [-0.25, -0.2) is 0 Å². The highest BCUT2D eigenvalue weighted by atomic mass is 16.5. The molecule has 0 atom stereocenters. The summed E-state index contributed by atoms with van der Waals surface area (Å²) in [6.45, 7) is 9.22. The van der Waals surface area contributed by atoms with Gasteiger partial charge in [0.25, 0.3) is 0 Å². The SMILES string of the molecule is COc1ccccc1N1CCN(Cc2cccc(OC(C)C)c2)CC1. The molecule has 0 saturated carbocycles. The largest absolute Gasteiger partial charge is 0.495 e. The summed E-state index contributed by atoms with van der Waals surface area (Å²) in [5, 5.41) is 0. The molecule has 2 aromatic rings. The highest BCUT2D eigenvalue weighted by Gasteiger charge is 2.19. The smallest absolute Gasteiger partial charge is 0.142 e. The molecule has 1 aliphatic heterocycles. The van der Waals surface area contributed by atoms with Crippen LogP contribution < -0.4 is 14.4 Å². The van der Waals surface area contributed by atoms with Crippen LogP contribution in [0.5, 0.6) is 11.5 Å². The Morgan fingerprint density at radius 3 is 2.44 bits per heavy atom. The molecular formula is C21H28N2O2. The van der Waals surface area contributed by atoms with Crippen molar-refractivity contribution in [2.75, 3.05) is 38.2 Å². The Bertz CT molecular complexity index is 679. The van der Waals surface area contributed by atoms with Crippen LogP contribution in [0.15, 0.2) is 48.5 Å². The molecule has 2 aromatic carbocycles. The quantitative estimate of drug-likeness (QED) is 0.798. The van der Waals surface area contributed by atoms with E-state index in [1.54, 1.807) is 7.11 Å². The third-order valence-electron chi connectivity index (χ3n) is 4.47. The summed E-state index contributed by atoms with van der Waals surface area (Å²) in [5.41, 5.74) is 2.50. The molecule has 0 bridgehead atoms. The van der Waals surface area contributed by atoms with E-state index in [2.05, 4.69) is 54.0 Å². The fourth-order valence-electron chi connectivity index (χ4n) is 3.29. The maximum atomic E-state index is 5.80. The lowest BCUT2D eigenvalue weighted by atomic mass is 10.1. The Labute approximate surface area is 151 Å². The van der Waals surface area contributed by atoms with Crippen molar-refractivity contribution in [3.8, 4) is 11.5 Å². The fraction of sp³-hybridized carbons (Fsp3) is 0.429. The van der Waals surface area contributed by atoms with E-state index in [1.165, 1.54) is 11.3 Å². The number of hydrogen-bond donors (Lipinski definition) is 0. The summed E-state index contributed by atoms with van der Waals surface area (Å²) >= 11 is 0. The Kier molecular flexibility index (Phi) is 5.82. The van der Waals surface area contributed by atoms with Crippen LogP contribution in [0.4, 0.5) is 5.69 Å². The third kappa shape index (κ3) is 4.67. The van der Waals surface area contributed by atoms with E-state index in [0.29, 0.717) is 0 Å². The summed E-state index contributed by atoms with van der Waals surface area (Å²) < 4.78 is 11.3. The van der Waals surface area contributed by atoms with Crippen molar-refractivity contribution in [1.82, 2.24) is 4.90 Å². The van der Waals surface area contributed by atoms with Gasteiger partial charge in [-0.2, -0.15) is 0 Å². The fourth-order valence-corrected chi connectivity index (χ4v) is 3.29. The Hall–Kier alpha value is -2.20. The zero-order chi connectivity index (χ0) is 17.6. The molecule has 0 radical (unpaired) electrons. The van der Waals surface area contributed by atoms with Crippen LogP contribution in [0.25, 0.3) is 0 Å². The van der Waals surface area contributed by atoms with Gasteiger partial charge in [-0.05, 0) is 43.7 Å². The summed E-state index contributed by atoms with van der Waals surface area (Å²) in [7, 11) is 1.74. The highest BCUT2D eigenvalue weighted by molar-refractivity contribution is 5.58. The molecule has 0 N–H and O–H groups in total. The minimum Gasteiger partial charge on any atom is -0.495 e. The Morgan fingerprint density at radius 2 is 1.72 bits per heavy atom. The van der Waals surface area contributed by atoms with Gasteiger partial charge < -0.3 is 14.4 Å². The zero-order valence-electron chi connectivity index (χ0n) is 15.4. The third-order valence-corrected chi connectivity index (χ3v) is 4.47. The first-order chi connectivity index (χ1) is 12.2. The predicted octanol–water partition coefficient (Wildman–Crippen LogP) is 3.80. The molecule has 3 rings (SSSR count). The van der Waals surface area contributed by atoms with Crippen molar-refractivity contribution < 1.29 is 9.47 Å². The average molecular weight is 340 g/mol. The number of piperazine rings is 1. The lowest BCUT2D eigenvalue weighted by Gasteiger charge is -2.36. The van der Waals surface area contributed by atoms with E-state index >= 15 is 0 Å². The monoisotopic (exact) mass is 340 g/mol. The summed E-state index contributed by atoms with van der Waals surface area (Å²) in [4.78, 5) is 4.91. The molecule has 1 aliphatic rings. The molecular weight excluding hydrogens is 312 g/mol. The zero-order valence-corrected chi connectivity index (χ0v) is 15.4. The van der Waals surface area contributed by atoms with Gasteiger partial charge in [-0.1, -0.05) is 24.3 Å². The van der Waals surface area contributed by atoms with Crippen molar-refractivity contribution >= 4 is 5.69 Å².